The monoisotopic (exact) mass is 368 g/mol. The number of ketones is 1. The number of fused-ring (bicyclic) bond motifs is 1. The highest BCUT2D eigenvalue weighted by Gasteiger charge is 2.31. The summed E-state index contributed by atoms with van der Waals surface area (Å²) in [5, 5.41) is 0. The summed E-state index contributed by atoms with van der Waals surface area (Å²) in [6, 6.07) is 7.01. The Bertz CT molecular complexity index is 1060. The van der Waals surface area contributed by atoms with Crippen LogP contribution in [0.2, 0.25) is 0 Å². The third-order valence-corrected chi connectivity index (χ3v) is 5.05. The van der Waals surface area contributed by atoms with Gasteiger partial charge >= 0.3 is 5.76 Å². The zero-order valence-corrected chi connectivity index (χ0v) is 15.0. The van der Waals surface area contributed by atoms with Crippen LogP contribution in [-0.4, -0.2) is 43.8 Å². The minimum absolute atomic E-state index is 0.0501. The largest absolute Gasteiger partial charge is 0.420 e. The van der Waals surface area contributed by atoms with Gasteiger partial charge in [0.05, 0.1) is 5.52 Å². The van der Waals surface area contributed by atoms with Crippen molar-refractivity contribution in [3.8, 4) is 0 Å². The van der Waals surface area contributed by atoms with Gasteiger partial charge in [-0.2, -0.15) is 0 Å². The van der Waals surface area contributed by atoms with Crippen molar-refractivity contribution in [2.45, 2.75) is 19.4 Å². The third-order valence-electron chi connectivity index (χ3n) is 5.05. The van der Waals surface area contributed by atoms with E-state index < -0.39 is 5.76 Å². The molecule has 8 heteroatoms. The number of Topliss-reactive ketones (excluding diaryl/α,β-unsaturated/α-hetero) is 1. The Balaban J connectivity index is 1.50. The second-order valence-electron chi connectivity index (χ2n) is 6.83. The molecule has 1 atom stereocenters. The average molecular weight is 368 g/mol. The minimum Gasteiger partial charge on any atom is -0.408 e. The molecule has 1 aliphatic heterocycles. The summed E-state index contributed by atoms with van der Waals surface area (Å²) in [6.45, 7) is 0.821. The van der Waals surface area contributed by atoms with Crippen LogP contribution >= 0.6 is 0 Å². The molecule has 0 radical (unpaired) electrons. The Morgan fingerprint density at radius 3 is 2.89 bits per heavy atom. The number of aryl methyl sites for hydroxylation is 1. The number of imidazole rings is 1. The molecule has 1 aromatic carbocycles. The van der Waals surface area contributed by atoms with Gasteiger partial charge in [0, 0.05) is 38.4 Å². The molecule has 4 rings (SSSR count). The van der Waals surface area contributed by atoms with E-state index in [-0.39, 0.29) is 24.2 Å². The summed E-state index contributed by atoms with van der Waals surface area (Å²) >= 11 is 0. The normalized spacial score (nSPS) is 17.4. The van der Waals surface area contributed by atoms with E-state index >= 15 is 0 Å². The van der Waals surface area contributed by atoms with E-state index in [0.717, 1.165) is 12.8 Å². The molecule has 0 N–H and O–H groups in total. The van der Waals surface area contributed by atoms with E-state index in [1.165, 1.54) is 4.57 Å². The lowest BCUT2D eigenvalue weighted by molar-refractivity contribution is -0.133. The number of piperidine rings is 1. The van der Waals surface area contributed by atoms with Crippen molar-refractivity contribution < 1.29 is 14.0 Å². The maximum absolute atomic E-state index is 12.8. The van der Waals surface area contributed by atoms with Crippen LogP contribution in [0, 0.1) is 5.92 Å². The first-order valence-electron chi connectivity index (χ1n) is 8.92. The minimum atomic E-state index is -0.554. The lowest BCUT2D eigenvalue weighted by Crippen LogP contribution is -2.44. The molecule has 0 spiro atoms. The number of aromatic nitrogens is 3. The number of hydrogen-bond donors (Lipinski definition) is 0. The van der Waals surface area contributed by atoms with Gasteiger partial charge in [0.25, 0.3) is 0 Å². The fraction of sp³-hybridized carbons (Fsp3) is 0.368. The Kier molecular flexibility index (Phi) is 4.39. The van der Waals surface area contributed by atoms with Crippen LogP contribution in [0.25, 0.3) is 11.1 Å². The van der Waals surface area contributed by atoms with E-state index in [2.05, 4.69) is 4.98 Å². The summed E-state index contributed by atoms with van der Waals surface area (Å²) < 4.78 is 8.21. The van der Waals surface area contributed by atoms with Crippen molar-refractivity contribution in [3.63, 3.8) is 0 Å². The van der Waals surface area contributed by atoms with Gasteiger partial charge in [-0.1, -0.05) is 12.1 Å². The summed E-state index contributed by atoms with van der Waals surface area (Å²) in [7, 11) is 1.78. The first-order chi connectivity index (χ1) is 13.0. The number of nitrogens with zero attached hydrogens (tertiary/aromatic N) is 4. The van der Waals surface area contributed by atoms with Crippen LogP contribution < -0.4 is 5.76 Å². The predicted molar refractivity (Wildman–Crippen MR) is 97.3 cm³/mol. The SMILES string of the molecule is Cn1ccnc1C(=O)C1CCCN(C(=O)Cn2c(=O)oc3ccccc32)C1. The number of hydrogen-bond acceptors (Lipinski definition) is 5. The standard InChI is InChI=1S/C19H20N4O4/c1-21-10-8-20-18(21)17(25)13-5-4-9-22(11-13)16(24)12-23-14-6-2-3-7-15(14)27-19(23)26/h2-3,6-8,10,13H,4-5,9,11-12H2,1H3. The fourth-order valence-electron chi connectivity index (χ4n) is 3.60. The molecule has 0 saturated carbocycles. The van der Waals surface area contributed by atoms with Gasteiger partial charge in [-0.25, -0.2) is 9.78 Å². The molecular weight excluding hydrogens is 348 g/mol. The van der Waals surface area contributed by atoms with Gasteiger partial charge in [-0.15, -0.1) is 0 Å². The van der Waals surface area contributed by atoms with E-state index in [9.17, 15) is 14.4 Å². The Hall–Kier alpha value is -3.16. The van der Waals surface area contributed by atoms with Crippen molar-refractivity contribution in [1.29, 1.82) is 0 Å². The van der Waals surface area contributed by atoms with E-state index in [1.54, 1.807) is 53.2 Å². The van der Waals surface area contributed by atoms with E-state index in [1.807, 2.05) is 0 Å². The zero-order chi connectivity index (χ0) is 19.0. The van der Waals surface area contributed by atoms with E-state index in [4.69, 9.17) is 4.42 Å². The highest BCUT2D eigenvalue weighted by Crippen LogP contribution is 2.21. The number of amides is 1. The van der Waals surface area contributed by atoms with Crippen molar-refractivity contribution in [2.24, 2.45) is 13.0 Å². The Labute approximate surface area is 155 Å². The lowest BCUT2D eigenvalue weighted by atomic mass is 9.93. The molecule has 27 heavy (non-hydrogen) atoms. The first-order valence-corrected chi connectivity index (χ1v) is 8.92. The van der Waals surface area contributed by atoms with Gasteiger partial charge < -0.3 is 13.9 Å². The highest BCUT2D eigenvalue weighted by atomic mass is 16.4. The number of oxazole rings is 1. The smallest absolute Gasteiger partial charge is 0.408 e. The molecule has 1 saturated heterocycles. The molecular formula is C19H20N4O4. The van der Waals surface area contributed by atoms with Crippen molar-refractivity contribution in [1.82, 2.24) is 19.0 Å². The predicted octanol–water partition coefficient (Wildman–Crippen LogP) is 1.45. The van der Waals surface area contributed by atoms with Crippen molar-refractivity contribution in [2.75, 3.05) is 13.1 Å². The molecule has 1 unspecified atom stereocenters. The van der Waals surface area contributed by atoms with Crippen LogP contribution in [0.3, 0.4) is 0 Å². The van der Waals surface area contributed by atoms with Gasteiger partial charge in [0.2, 0.25) is 11.7 Å². The van der Waals surface area contributed by atoms with Gasteiger partial charge in [0.1, 0.15) is 6.54 Å². The maximum atomic E-state index is 12.8. The number of carbonyl (C=O) groups excluding carboxylic acids is 2. The van der Waals surface area contributed by atoms with E-state index in [0.29, 0.717) is 30.0 Å². The molecule has 3 aromatic rings. The van der Waals surface area contributed by atoms with Crippen LogP contribution in [0.1, 0.15) is 23.5 Å². The topological polar surface area (TPSA) is 90.3 Å². The van der Waals surface area contributed by atoms with Crippen LogP contribution in [-0.2, 0) is 18.4 Å². The summed E-state index contributed by atoms with van der Waals surface area (Å²) in [6.07, 6.45) is 4.79. The average Bonchev–Trinajstić information content (AvgIpc) is 3.24. The molecule has 140 valence electrons. The van der Waals surface area contributed by atoms with Crippen molar-refractivity contribution >= 4 is 22.8 Å². The summed E-state index contributed by atoms with van der Waals surface area (Å²) in [5.74, 6) is -0.665. The van der Waals surface area contributed by atoms with Crippen molar-refractivity contribution in [3.05, 3.63) is 53.0 Å². The molecule has 2 aromatic heterocycles. The second-order valence-corrected chi connectivity index (χ2v) is 6.83. The van der Waals surface area contributed by atoms with Gasteiger partial charge in [-0.3, -0.25) is 14.2 Å². The third kappa shape index (κ3) is 3.18. The van der Waals surface area contributed by atoms with Gasteiger partial charge in [-0.05, 0) is 25.0 Å². The Morgan fingerprint density at radius 2 is 2.11 bits per heavy atom. The molecule has 0 aliphatic carbocycles. The molecule has 8 nitrogen and oxygen atoms in total. The highest BCUT2D eigenvalue weighted by molar-refractivity contribution is 5.95. The number of rotatable bonds is 4. The number of benzene rings is 1. The fourth-order valence-corrected chi connectivity index (χ4v) is 3.60. The summed E-state index contributed by atoms with van der Waals surface area (Å²) in [4.78, 5) is 43.3. The first kappa shape index (κ1) is 17.3. The molecule has 1 aliphatic rings. The molecule has 3 heterocycles. The zero-order valence-electron chi connectivity index (χ0n) is 15.0. The van der Waals surface area contributed by atoms with Crippen LogP contribution in [0.5, 0.6) is 0 Å². The second kappa shape index (κ2) is 6.86. The summed E-state index contributed by atoms with van der Waals surface area (Å²) in [5.41, 5.74) is 1.05. The van der Waals surface area contributed by atoms with Gasteiger partial charge in [0.15, 0.2) is 11.4 Å². The number of likely N-dealkylation sites (tertiary alicyclic amines) is 1. The maximum Gasteiger partial charge on any atom is 0.420 e. The van der Waals surface area contributed by atoms with Crippen LogP contribution in [0.4, 0.5) is 0 Å². The Morgan fingerprint density at radius 1 is 1.30 bits per heavy atom. The number of para-hydroxylation sites is 2. The molecule has 1 fully saturated rings. The van der Waals surface area contributed by atoms with Crippen LogP contribution in [0.15, 0.2) is 45.9 Å². The quantitative estimate of drug-likeness (QED) is 0.650. The molecule has 0 bridgehead atoms. The number of carbonyl (C=O) groups is 2. The lowest BCUT2D eigenvalue weighted by Gasteiger charge is -2.31. The molecule has 1 amide bonds.